The van der Waals surface area contributed by atoms with Gasteiger partial charge < -0.3 is 4.57 Å². The van der Waals surface area contributed by atoms with Crippen LogP contribution in [-0.4, -0.2) is 4.57 Å². The summed E-state index contributed by atoms with van der Waals surface area (Å²) in [4.78, 5) is 0. The van der Waals surface area contributed by atoms with Gasteiger partial charge in [-0.15, -0.1) is 0 Å². The first kappa shape index (κ1) is 18.2. The summed E-state index contributed by atoms with van der Waals surface area (Å²) in [5, 5.41) is 15.1. The molecule has 33 heavy (non-hydrogen) atoms. The summed E-state index contributed by atoms with van der Waals surface area (Å²) in [7, 11) is 0. The Morgan fingerprint density at radius 3 is 2.03 bits per heavy atom. The molecule has 6 aromatic rings. The Kier molecular flexibility index (Phi) is 3.77. The highest BCUT2D eigenvalue weighted by atomic mass is 15.0. The van der Waals surface area contributed by atoms with Crippen molar-refractivity contribution < 1.29 is 0 Å². The molecule has 0 atom stereocenters. The highest BCUT2D eigenvalue weighted by Gasteiger charge is 2.19. The van der Waals surface area contributed by atoms with Crippen molar-refractivity contribution in [2.45, 2.75) is 12.8 Å². The molecule has 0 radical (unpaired) electrons. The standard InChI is InChI=1S/C31H20N2/c32-19-23-15-14-22(24-17-16-21-13-12-20-6-5-9-27(24)31(20)21)18-30(23)33-28-10-3-1-7-25(28)26-8-2-4-11-29(26)33/h1-11,14-18H,12-13H2. The fraction of sp³-hybridized carbons (Fsp3) is 0.0645. The van der Waals surface area contributed by atoms with Crippen molar-refractivity contribution in [2.75, 3.05) is 0 Å². The second kappa shape index (κ2) is 6.82. The first-order valence-corrected chi connectivity index (χ1v) is 11.4. The molecule has 0 unspecified atom stereocenters. The van der Waals surface area contributed by atoms with Crippen LogP contribution in [0.1, 0.15) is 16.7 Å². The summed E-state index contributed by atoms with van der Waals surface area (Å²) in [6, 6.07) is 36.8. The summed E-state index contributed by atoms with van der Waals surface area (Å²) in [5.41, 5.74) is 9.10. The average molecular weight is 421 g/mol. The molecule has 2 heteroatoms. The SMILES string of the molecule is N#Cc1ccc(-c2ccc3c4c(cccc24)CC3)cc1-n1c2ccccc2c2ccccc21. The third-order valence-electron chi connectivity index (χ3n) is 7.13. The summed E-state index contributed by atoms with van der Waals surface area (Å²) in [6.45, 7) is 0. The molecule has 2 nitrogen and oxygen atoms in total. The van der Waals surface area contributed by atoms with Crippen LogP contribution in [0.2, 0.25) is 0 Å². The smallest absolute Gasteiger partial charge is 0.101 e. The Labute approximate surface area is 191 Å². The second-order valence-electron chi connectivity index (χ2n) is 8.83. The number of hydrogen-bond donors (Lipinski definition) is 0. The first-order chi connectivity index (χ1) is 16.3. The minimum Gasteiger partial charge on any atom is -0.308 e. The molecule has 1 aliphatic carbocycles. The molecule has 5 aromatic carbocycles. The molecule has 7 rings (SSSR count). The monoisotopic (exact) mass is 420 g/mol. The average Bonchev–Trinajstić information content (AvgIpc) is 3.44. The van der Waals surface area contributed by atoms with E-state index in [0.29, 0.717) is 5.56 Å². The molecule has 1 aliphatic rings. The van der Waals surface area contributed by atoms with E-state index in [9.17, 15) is 5.26 Å². The van der Waals surface area contributed by atoms with Gasteiger partial charge in [0.05, 0.1) is 22.3 Å². The van der Waals surface area contributed by atoms with Crippen molar-refractivity contribution in [3.05, 3.63) is 114 Å². The number of nitriles is 1. The molecule has 0 amide bonds. The Hall–Kier alpha value is -4.35. The minimum absolute atomic E-state index is 0.677. The zero-order valence-corrected chi connectivity index (χ0v) is 18.0. The van der Waals surface area contributed by atoms with Crippen LogP contribution in [0.4, 0.5) is 0 Å². The maximum atomic E-state index is 10.0. The maximum absolute atomic E-state index is 10.0. The molecule has 154 valence electrons. The van der Waals surface area contributed by atoms with E-state index in [1.165, 1.54) is 38.2 Å². The van der Waals surface area contributed by atoms with Crippen molar-refractivity contribution in [1.82, 2.24) is 4.57 Å². The van der Waals surface area contributed by atoms with Crippen LogP contribution in [0.3, 0.4) is 0 Å². The van der Waals surface area contributed by atoms with Gasteiger partial charge in [-0.1, -0.05) is 72.8 Å². The lowest BCUT2D eigenvalue weighted by Gasteiger charge is -2.14. The quantitative estimate of drug-likeness (QED) is 0.284. The molecule has 0 saturated carbocycles. The van der Waals surface area contributed by atoms with E-state index in [-0.39, 0.29) is 0 Å². The number of rotatable bonds is 2. The summed E-state index contributed by atoms with van der Waals surface area (Å²) >= 11 is 0. The van der Waals surface area contributed by atoms with Crippen LogP contribution in [-0.2, 0) is 12.8 Å². The minimum atomic E-state index is 0.677. The van der Waals surface area contributed by atoms with E-state index in [1.54, 1.807) is 0 Å². The molecular weight excluding hydrogens is 400 g/mol. The van der Waals surface area contributed by atoms with Crippen molar-refractivity contribution in [3.63, 3.8) is 0 Å². The third-order valence-corrected chi connectivity index (χ3v) is 7.13. The van der Waals surface area contributed by atoms with Gasteiger partial charge in [-0.3, -0.25) is 0 Å². The van der Waals surface area contributed by atoms with Crippen LogP contribution >= 0.6 is 0 Å². The molecule has 0 saturated heterocycles. The van der Waals surface area contributed by atoms with Gasteiger partial charge >= 0.3 is 0 Å². The molecule has 1 heterocycles. The summed E-state index contributed by atoms with van der Waals surface area (Å²) in [6.07, 6.45) is 2.24. The highest BCUT2D eigenvalue weighted by molar-refractivity contribution is 6.09. The number of nitrogens with zero attached hydrogens (tertiary/aromatic N) is 2. The van der Waals surface area contributed by atoms with Gasteiger partial charge in [0.15, 0.2) is 0 Å². The fourth-order valence-corrected chi connectivity index (χ4v) is 5.66. The van der Waals surface area contributed by atoms with Gasteiger partial charge in [-0.05, 0) is 70.1 Å². The van der Waals surface area contributed by atoms with Crippen molar-refractivity contribution in [3.8, 4) is 22.9 Å². The third kappa shape index (κ3) is 2.54. The lowest BCUT2D eigenvalue weighted by molar-refractivity contribution is 1.02. The molecule has 0 N–H and O–H groups in total. The lowest BCUT2D eigenvalue weighted by atomic mass is 9.94. The second-order valence-corrected chi connectivity index (χ2v) is 8.83. The molecule has 0 spiro atoms. The van der Waals surface area contributed by atoms with Gasteiger partial charge in [0.2, 0.25) is 0 Å². The number of aryl methyl sites for hydroxylation is 2. The number of fused-ring (bicyclic) bond motifs is 3. The van der Waals surface area contributed by atoms with E-state index in [1.807, 2.05) is 6.07 Å². The molecule has 0 aliphatic heterocycles. The molecular formula is C31H20N2. The van der Waals surface area contributed by atoms with Crippen LogP contribution in [0.5, 0.6) is 0 Å². The highest BCUT2D eigenvalue weighted by Crippen LogP contribution is 2.39. The molecule has 0 bridgehead atoms. The van der Waals surface area contributed by atoms with Crippen molar-refractivity contribution >= 4 is 32.6 Å². The summed E-state index contributed by atoms with van der Waals surface area (Å²) < 4.78 is 2.24. The zero-order chi connectivity index (χ0) is 21.9. The Bertz CT molecular complexity index is 1720. The van der Waals surface area contributed by atoms with Crippen LogP contribution in [0.15, 0.2) is 97.1 Å². The van der Waals surface area contributed by atoms with Gasteiger partial charge in [0.1, 0.15) is 6.07 Å². The van der Waals surface area contributed by atoms with Crippen LogP contribution in [0, 0.1) is 11.3 Å². The topological polar surface area (TPSA) is 28.7 Å². The number of hydrogen-bond acceptors (Lipinski definition) is 1. The van der Waals surface area contributed by atoms with Crippen molar-refractivity contribution in [1.29, 1.82) is 5.26 Å². The Morgan fingerprint density at radius 2 is 1.30 bits per heavy atom. The maximum Gasteiger partial charge on any atom is 0.101 e. The first-order valence-electron chi connectivity index (χ1n) is 11.4. The van der Waals surface area contributed by atoms with Gasteiger partial charge in [0.25, 0.3) is 0 Å². The van der Waals surface area contributed by atoms with Gasteiger partial charge in [-0.25, -0.2) is 0 Å². The lowest BCUT2D eigenvalue weighted by Crippen LogP contribution is -1.98. The van der Waals surface area contributed by atoms with Crippen LogP contribution < -0.4 is 0 Å². The number of aromatic nitrogens is 1. The normalized spacial score (nSPS) is 12.6. The zero-order valence-electron chi connectivity index (χ0n) is 18.0. The predicted molar refractivity (Wildman–Crippen MR) is 136 cm³/mol. The number of para-hydroxylation sites is 2. The summed E-state index contributed by atoms with van der Waals surface area (Å²) in [5.74, 6) is 0. The number of benzene rings is 5. The van der Waals surface area contributed by atoms with E-state index >= 15 is 0 Å². The van der Waals surface area contributed by atoms with E-state index < -0.39 is 0 Å². The van der Waals surface area contributed by atoms with Gasteiger partial charge in [0, 0.05) is 10.8 Å². The van der Waals surface area contributed by atoms with Crippen LogP contribution in [0.25, 0.3) is 49.4 Å². The van der Waals surface area contributed by atoms with E-state index in [2.05, 4.69) is 102 Å². The van der Waals surface area contributed by atoms with E-state index in [0.717, 1.165) is 35.1 Å². The predicted octanol–water partition coefficient (Wildman–Crippen LogP) is 7.57. The fourth-order valence-electron chi connectivity index (χ4n) is 5.66. The van der Waals surface area contributed by atoms with Crippen molar-refractivity contribution in [2.24, 2.45) is 0 Å². The molecule has 1 aromatic heterocycles. The van der Waals surface area contributed by atoms with Gasteiger partial charge in [-0.2, -0.15) is 5.26 Å². The van der Waals surface area contributed by atoms with E-state index in [4.69, 9.17) is 0 Å². The molecule has 0 fully saturated rings. The Balaban J connectivity index is 1.55. The Morgan fingerprint density at radius 1 is 0.636 bits per heavy atom. The largest absolute Gasteiger partial charge is 0.308 e.